The number of hydrogen-bond acceptors (Lipinski definition) is 4. The van der Waals surface area contributed by atoms with Crippen LogP contribution >= 0.6 is 0 Å². The Morgan fingerprint density at radius 3 is 1.52 bits per heavy atom. The number of hydrogen-bond donors (Lipinski definition) is 1. The van der Waals surface area contributed by atoms with Gasteiger partial charge in [-0.05, 0) is 19.3 Å². The molecule has 0 atom stereocenters. The first-order chi connectivity index (χ1) is 12.0. The van der Waals surface area contributed by atoms with E-state index < -0.39 is 10.4 Å². The minimum Gasteiger partial charge on any atom is -0.726 e. The van der Waals surface area contributed by atoms with E-state index in [0.717, 1.165) is 12.8 Å². The molecule has 0 rings (SSSR count). The van der Waals surface area contributed by atoms with E-state index >= 15 is 0 Å². The van der Waals surface area contributed by atoms with E-state index in [9.17, 15) is 13.0 Å². The number of nitrogens with two attached hydrogens (primary N) is 1. The van der Waals surface area contributed by atoms with Gasteiger partial charge >= 0.3 is 0 Å². The fourth-order valence-corrected chi connectivity index (χ4v) is 2.85. The van der Waals surface area contributed by atoms with Gasteiger partial charge in [-0.15, -0.1) is 0 Å². The molecule has 25 heavy (non-hydrogen) atoms. The van der Waals surface area contributed by atoms with Crippen LogP contribution in [-0.4, -0.2) is 33.2 Å². The van der Waals surface area contributed by atoms with Gasteiger partial charge in [0.2, 0.25) is 10.4 Å². The van der Waals surface area contributed by atoms with Crippen molar-refractivity contribution in [3.8, 4) is 0 Å². The molecule has 0 unspecified atom stereocenters. The average molecular weight is 382 g/mol. The van der Waals surface area contributed by atoms with Crippen molar-refractivity contribution in [1.29, 1.82) is 0 Å². The fourth-order valence-electron chi connectivity index (χ4n) is 2.53. The summed E-state index contributed by atoms with van der Waals surface area (Å²) in [6, 6.07) is 0. The summed E-state index contributed by atoms with van der Waals surface area (Å²) < 4.78 is 34.0. The molecule has 2 N–H and O–H groups in total. The minimum absolute atomic E-state index is 0.0258. The Hall–Kier alpha value is -0.170. The third kappa shape index (κ3) is 32.0. The zero-order valence-electron chi connectivity index (χ0n) is 16.9. The van der Waals surface area contributed by atoms with Gasteiger partial charge < -0.3 is 9.87 Å². The van der Waals surface area contributed by atoms with Gasteiger partial charge in [-0.25, -0.2) is 8.42 Å². The molecule has 0 aromatic carbocycles. The van der Waals surface area contributed by atoms with Gasteiger partial charge in [-0.2, -0.15) is 0 Å². The van der Waals surface area contributed by atoms with Gasteiger partial charge in [-0.1, -0.05) is 84.5 Å². The normalized spacial score (nSPS) is 11.2. The highest BCUT2D eigenvalue weighted by molar-refractivity contribution is 7.80. The van der Waals surface area contributed by atoms with Gasteiger partial charge in [0.25, 0.3) is 0 Å². The first kappa shape index (κ1) is 27.1. The Morgan fingerprint density at radius 1 is 0.720 bits per heavy atom. The third-order valence-electron chi connectivity index (χ3n) is 4.07. The third-order valence-corrected chi connectivity index (χ3v) is 4.53. The van der Waals surface area contributed by atoms with Crippen LogP contribution in [0.2, 0.25) is 0 Å². The number of rotatable bonds is 17. The Labute approximate surface area is 157 Å². The molecule has 0 heterocycles. The molecule has 0 aromatic heterocycles. The Kier molecular flexibility index (Phi) is 23.7. The van der Waals surface area contributed by atoms with E-state index in [-0.39, 0.29) is 6.61 Å². The maximum atomic E-state index is 9.99. The first-order valence-electron chi connectivity index (χ1n) is 10.4. The minimum atomic E-state index is -4.47. The summed E-state index contributed by atoms with van der Waals surface area (Å²) in [7, 11) is -2.32. The molecule has 6 heteroatoms. The van der Waals surface area contributed by atoms with Crippen LogP contribution in [0.3, 0.4) is 0 Å². The lowest BCUT2D eigenvalue weighted by Gasteiger charge is -2.06. The van der Waals surface area contributed by atoms with Gasteiger partial charge in [0.15, 0.2) is 0 Å². The molecule has 5 nitrogen and oxygen atoms in total. The molecule has 0 radical (unpaired) electrons. The molecule has 154 valence electrons. The van der Waals surface area contributed by atoms with Gasteiger partial charge in [0, 0.05) is 0 Å². The van der Waals surface area contributed by atoms with Gasteiger partial charge in [0.1, 0.15) is 0 Å². The summed E-state index contributed by atoms with van der Waals surface area (Å²) in [4.78, 5) is 0. The second-order valence-electron chi connectivity index (χ2n) is 6.67. The van der Waals surface area contributed by atoms with Gasteiger partial charge in [-0.3, -0.25) is 4.18 Å². The van der Waals surface area contributed by atoms with Crippen LogP contribution in [0.1, 0.15) is 104 Å². The second-order valence-corrected chi connectivity index (χ2v) is 7.72. The summed E-state index contributed by atoms with van der Waals surface area (Å²) in [6.45, 7) is 5.75. The smallest absolute Gasteiger partial charge is 0.217 e. The van der Waals surface area contributed by atoms with E-state index in [4.69, 9.17) is 0 Å². The largest absolute Gasteiger partial charge is 0.726 e. The lowest BCUT2D eigenvalue weighted by Crippen LogP contribution is -2.79. The van der Waals surface area contributed by atoms with E-state index in [1.54, 1.807) is 0 Å². The lowest BCUT2D eigenvalue weighted by molar-refractivity contribution is -0.627. The second kappa shape index (κ2) is 21.9. The molecule has 0 aliphatic rings. The Balaban J connectivity index is 0. The quantitative estimate of drug-likeness (QED) is 0.233. The van der Waals surface area contributed by atoms with E-state index in [0.29, 0.717) is 6.42 Å². The van der Waals surface area contributed by atoms with Crippen LogP contribution in [-0.2, 0) is 14.6 Å². The number of quaternary nitrogens is 1. The van der Waals surface area contributed by atoms with E-state index in [2.05, 4.69) is 30.4 Å². The van der Waals surface area contributed by atoms with Crippen molar-refractivity contribution < 1.29 is 22.5 Å². The molecule has 0 aromatic rings. The molecule has 0 aliphatic carbocycles. The first-order valence-corrected chi connectivity index (χ1v) is 11.7. The van der Waals surface area contributed by atoms with Crippen molar-refractivity contribution in [2.75, 3.05) is 20.2 Å². The van der Waals surface area contributed by atoms with E-state index in [1.807, 2.05) is 0 Å². The maximum absolute atomic E-state index is 9.99. The maximum Gasteiger partial charge on any atom is 0.217 e. The Bertz CT molecular complexity index is 324. The van der Waals surface area contributed by atoms with Crippen molar-refractivity contribution in [2.45, 2.75) is 104 Å². The molecule has 0 aliphatic heterocycles. The van der Waals surface area contributed by atoms with Crippen molar-refractivity contribution in [3.63, 3.8) is 0 Å². The van der Waals surface area contributed by atoms with Crippen LogP contribution < -0.4 is 5.32 Å². The molecular weight excluding hydrogens is 338 g/mol. The summed E-state index contributed by atoms with van der Waals surface area (Å²) in [5, 5.41) is 2.27. The van der Waals surface area contributed by atoms with Crippen LogP contribution in [0.15, 0.2) is 0 Å². The van der Waals surface area contributed by atoms with E-state index in [1.165, 1.54) is 77.2 Å². The Morgan fingerprint density at radius 2 is 1.12 bits per heavy atom. The van der Waals surface area contributed by atoms with Crippen molar-refractivity contribution in [3.05, 3.63) is 0 Å². The van der Waals surface area contributed by atoms with Crippen LogP contribution in [0.4, 0.5) is 0 Å². The summed E-state index contributed by atoms with van der Waals surface area (Å²) in [6.07, 6.45) is 17.7. The summed E-state index contributed by atoms with van der Waals surface area (Å²) >= 11 is 0. The molecule has 0 spiro atoms. The lowest BCUT2D eigenvalue weighted by atomic mass is 10.1. The topological polar surface area (TPSA) is 83.0 Å². The standard InChI is InChI=1S/C11H25N.C8H18O4S/c1-3-4-5-6-7-8-9-10-11-12-2;1-2-3-4-5-6-7-8-12-13(9,10)11/h12H,3-11H2,1-2H3;2-8H2,1H3,(H,9,10,11). The summed E-state index contributed by atoms with van der Waals surface area (Å²) in [5.74, 6) is 0. The highest BCUT2D eigenvalue weighted by atomic mass is 32.3. The molecular formula is C19H43NO4S. The molecule has 0 amide bonds. The fraction of sp³-hybridized carbons (Fsp3) is 1.00. The van der Waals surface area contributed by atoms with Crippen LogP contribution in [0.25, 0.3) is 0 Å². The molecule has 0 fully saturated rings. The molecule has 0 saturated carbocycles. The van der Waals surface area contributed by atoms with Crippen LogP contribution in [0, 0.1) is 0 Å². The predicted octanol–water partition coefficient (Wildman–Crippen LogP) is 4.14. The molecule has 0 saturated heterocycles. The number of unbranched alkanes of at least 4 members (excludes halogenated alkanes) is 12. The van der Waals surface area contributed by atoms with Crippen molar-refractivity contribution >= 4 is 10.4 Å². The van der Waals surface area contributed by atoms with Crippen molar-refractivity contribution in [1.82, 2.24) is 0 Å². The van der Waals surface area contributed by atoms with Crippen LogP contribution in [0.5, 0.6) is 0 Å². The average Bonchev–Trinajstić information content (AvgIpc) is 2.56. The van der Waals surface area contributed by atoms with Gasteiger partial charge in [0.05, 0.1) is 20.2 Å². The zero-order chi connectivity index (χ0) is 19.2. The monoisotopic (exact) mass is 381 g/mol. The summed E-state index contributed by atoms with van der Waals surface area (Å²) in [5.41, 5.74) is 0. The predicted molar refractivity (Wildman–Crippen MR) is 104 cm³/mol. The molecule has 0 bridgehead atoms. The SMILES string of the molecule is CCCCCCCCCC[NH2+]C.CCCCCCCCOS(=O)(=O)[O-]. The zero-order valence-corrected chi connectivity index (χ0v) is 17.7. The van der Waals surface area contributed by atoms with Crippen molar-refractivity contribution in [2.24, 2.45) is 0 Å². The highest BCUT2D eigenvalue weighted by Crippen LogP contribution is 2.07. The highest BCUT2D eigenvalue weighted by Gasteiger charge is 1.94.